The molecule has 0 amide bonds. The average Bonchev–Trinajstić information content (AvgIpc) is 2.97. The first kappa shape index (κ1) is 18.5. The molecule has 2 aromatic heterocycles. The van der Waals surface area contributed by atoms with E-state index in [1.807, 2.05) is 19.1 Å². The molecule has 0 saturated carbocycles. The summed E-state index contributed by atoms with van der Waals surface area (Å²) in [5.41, 5.74) is 5.48. The van der Waals surface area contributed by atoms with Crippen molar-refractivity contribution in [3.63, 3.8) is 0 Å². The van der Waals surface area contributed by atoms with Crippen molar-refractivity contribution >= 4 is 29.3 Å². The number of nitrogens with one attached hydrogen (secondary N) is 1. The molecule has 1 fully saturated rings. The summed E-state index contributed by atoms with van der Waals surface area (Å²) in [6.45, 7) is 6.23. The van der Waals surface area contributed by atoms with Crippen molar-refractivity contribution in [1.82, 2.24) is 15.0 Å². The van der Waals surface area contributed by atoms with Crippen LogP contribution in [0, 0.1) is 13.8 Å². The quantitative estimate of drug-likeness (QED) is 0.726. The van der Waals surface area contributed by atoms with E-state index in [0.29, 0.717) is 0 Å². The van der Waals surface area contributed by atoms with Gasteiger partial charge < -0.3 is 14.6 Å². The zero-order chi connectivity index (χ0) is 17.4. The fraction of sp³-hybridized carbons (Fsp3) is 0.400. The minimum atomic E-state index is 0. The zero-order valence-corrected chi connectivity index (χ0v) is 16.3. The number of hydrogen-bond donors (Lipinski definition) is 1. The Hall–Kier alpha value is -2.27. The highest BCUT2D eigenvalue weighted by Crippen LogP contribution is 2.36. The van der Waals surface area contributed by atoms with Gasteiger partial charge in [0, 0.05) is 24.3 Å². The average molecular weight is 373 g/mol. The molecule has 1 aliphatic rings. The van der Waals surface area contributed by atoms with Crippen LogP contribution in [-0.4, -0.2) is 35.2 Å². The highest BCUT2D eigenvalue weighted by molar-refractivity contribution is 5.99. The number of rotatable bonds is 3. The van der Waals surface area contributed by atoms with Gasteiger partial charge in [0.15, 0.2) is 5.82 Å². The largest absolute Gasteiger partial charge is 0.497 e. The molecule has 138 valence electrons. The number of piperidine rings is 1. The molecule has 1 saturated heterocycles. The van der Waals surface area contributed by atoms with E-state index in [1.54, 1.807) is 7.11 Å². The van der Waals surface area contributed by atoms with E-state index in [2.05, 4.69) is 28.9 Å². The van der Waals surface area contributed by atoms with E-state index in [1.165, 1.54) is 19.3 Å². The van der Waals surface area contributed by atoms with Crippen molar-refractivity contribution in [3.05, 3.63) is 35.8 Å². The number of methoxy groups -OCH3 is 1. The molecule has 0 aliphatic carbocycles. The van der Waals surface area contributed by atoms with Crippen molar-refractivity contribution < 1.29 is 4.74 Å². The molecule has 0 atom stereocenters. The van der Waals surface area contributed by atoms with Crippen LogP contribution in [0.2, 0.25) is 0 Å². The number of benzene rings is 1. The topological polar surface area (TPSA) is 54.0 Å². The van der Waals surface area contributed by atoms with E-state index >= 15 is 0 Å². The standard InChI is InChI=1S/C20H24N4O.ClH/c1-13-17(15-7-9-16(25-3)10-8-15)18-19(21-13)20(23-14(2)22-18)24-11-5-4-6-12-24;/h7-10,21H,4-6,11-12H2,1-3H3;1H. The minimum absolute atomic E-state index is 0. The van der Waals surface area contributed by atoms with Crippen LogP contribution in [0.3, 0.4) is 0 Å². The molecule has 0 bridgehead atoms. The molecule has 1 aliphatic heterocycles. The number of aromatic nitrogens is 3. The second-order valence-corrected chi connectivity index (χ2v) is 6.72. The Bertz CT molecular complexity index is 898. The van der Waals surface area contributed by atoms with Gasteiger partial charge >= 0.3 is 0 Å². The predicted octanol–water partition coefficient (Wildman–Crippen LogP) is 4.66. The van der Waals surface area contributed by atoms with Crippen LogP contribution in [0.4, 0.5) is 5.82 Å². The fourth-order valence-corrected chi connectivity index (χ4v) is 3.73. The Kier molecular flexibility index (Phi) is 5.37. The molecule has 6 heteroatoms. The third-order valence-corrected chi connectivity index (χ3v) is 4.96. The molecular formula is C20H25ClN4O. The fourth-order valence-electron chi connectivity index (χ4n) is 3.73. The SMILES string of the molecule is COc1ccc(-c2c(C)[nH]c3c(N4CCCCC4)nc(C)nc23)cc1.Cl. The summed E-state index contributed by atoms with van der Waals surface area (Å²) in [6, 6.07) is 8.17. The molecule has 26 heavy (non-hydrogen) atoms. The van der Waals surface area contributed by atoms with Crippen molar-refractivity contribution in [3.8, 4) is 16.9 Å². The van der Waals surface area contributed by atoms with E-state index < -0.39 is 0 Å². The van der Waals surface area contributed by atoms with Crippen LogP contribution >= 0.6 is 12.4 Å². The van der Waals surface area contributed by atoms with Crippen molar-refractivity contribution in [1.29, 1.82) is 0 Å². The van der Waals surface area contributed by atoms with Crippen LogP contribution in [-0.2, 0) is 0 Å². The molecule has 3 aromatic rings. The molecule has 1 N–H and O–H groups in total. The van der Waals surface area contributed by atoms with E-state index in [4.69, 9.17) is 14.7 Å². The Balaban J connectivity index is 0.00000196. The van der Waals surface area contributed by atoms with Gasteiger partial charge in [0.25, 0.3) is 0 Å². The smallest absolute Gasteiger partial charge is 0.156 e. The Morgan fingerprint density at radius 1 is 1.00 bits per heavy atom. The molecule has 1 aromatic carbocycles. The van der Waals surface area contributed by atoms with Gasteiger partial charge in [0.1, 0.15) is 22.6 Å². The summed E-state index contributed by atoms with van der Waals surface area (Å²) >= 11 is 0. The normalized spacial score (nSPS) is 14.3. The molecule has 4 rings (SSSR count). The first-order chi connectivity index (χ1) is 12.2. The van der Waals surface area contributed by atoms with Gasteiger partial charge in [0.05, 0.1) is 7.11 Å². The summed E-state index contributed by atoms with van der Waals surface area (Å²) in [7, 11) is 1.69. The Morgan fingerprint density at radius 2 is 1.69 bits per heavy atom. The summed E-state index contributed by atoms with van der Waals surface area (Å²) in [4.78, 5) is 15.5. The Labute approximate surface area is 160 Å². The van der Waals surface area contributed by atoms with Crippen molar-refractivity contribution in [2.45, 2.75) is 33.1 Å². The monoisotopic (exact) mass is 372 g/mol. The number of hydrogen-bond acceptors (Lipinski definition) is 4. The molecular weight excluding hydrogens is 348 g/mol. The molecule has 5 nitrogen and oxygen atoms in total. The van der Waals surface area contributed by atoms with Crippen LogP contribution in [0.5, 0.6) is 5.75 Å². The van der Waals surface area contributed by atoms with Crippen LogP contribution in [0.25, 0.3) is 22.2 Å². The minimum Gasteiger partial charge on any atom is -0.497 e. The molecule has 0 spiro atoms. The maximum atomic E-state index is 5.28. The third kappa shape index (κ3) is 3.23. The maximum Gasteiger partial charge on any atom is 0.156 e. The van der Waals surface area contributed by atoms with Crippen LogP contribution in [0.1, 0.15) is 30.8 Å². The number of anilines is 1. The lowest BCUT2D eigenvalue weighted by molar-refractivity contribution is 0.415. The number of ether oxygens (including phenoxy) is 1. The number of aryl methyl sites for hydroxylation is 2. The van der Waals surface area contributed by atoms with Crippen molar-refractivity contribution in [2.75, 3.05) is 25.1 Å². The summed E-state index contributed by atoms with van der Waals surface area (Å²) in [5.74, 6) is 2.73. The number of H-pyrrole nitrogens is 1. The first-order valence-corrected chi connectivity index (χ1v) is 8.93. The van der Waals surface area contributed by atoms with Gasteiger partial charge in [-0.05, 0) is 50.8 Å². The predicted molar refractivity (Wildman–Crippen MR) is 109 cm³/mol. The van der Waals surface area contributed by atoms with E-state index in [9.17, 15) is 0 Å². The number of fused-ring (bicyclic) bond motifs is 1. The summed E-state index contributed by atoms with van der Waals surface area (Å²) in [6.07, 6.45) is 3.77. The highest BCUT2D eigenvalue weighted by Gasteiger charge is 2.21. The van der Waals surface area contributed by atoms with Gasteiger partial charge in [-0.1, -0.05) is 12.1 Å². The lowest BCUT2D eigenvalue weighted by Gasteiger charge is -2.28. The number of aromatic amines is 1. The summed E-state index contributed by atoms with van der Waals surface area (Å²) in [5, 5.41) is 0. The van der Waals surface area contributed by atoms with E-state index in [0.717, 1.165) is 58.3 Å². The Morgan fingerprint density at radius 3 is 2.35 bits per heavy atom. The first-order valence-electron chi connectivity index (χ1n) is 8.93. The summed E-state index contributed by atoms with van der Waals surface area (Å²) < 4.78 is 5.28. The molecule has 0 unspecified atom stereocenters. The van der Waals surface area contributed by atoms with Gasteiger partial charge in [-0.25, -0.2) is 9.97 Å². The van der Waals surface area contributed by atoms with Gasteiger partial charge in [-0.3, -0.25) is 0 Å². The van der Waals surface area contributed by atoms with Crippen LogP contribution < -0.4 is 9.64 Å². The lowest BCUT2D eigenvalue weighted by Crippen LogP contribution is -2.30. The maximum absolute atomic E-state index is 5.28. The van der Waals surface area contributed by atoms with Crippen molar-refractivity contribution in [2.24, 2.45) is 0 Å². The zero-order valence-electron chi connectivity index (χ0n) is 15.5. The van der Waals surface area contributed by atoms with Crippen LogP contribution in [0.15, 0.2) is 24.3 Å². The number of nitrogens with zero attached hydrogens (tertiary/aromatic N) is 3. The second kappa shape index (κ2) is 7.54. The number of halogens is 1. The van der Waals surface area contributed by atoms with Gasteiger partial charge in [-0.15, -0.1) is 12.4 Å². The lowest BCUT2D eigenvalue weighted by atomic mass is 10.0. The highest BCUT2D eigenvalue weighted by atomic mass is 35.5. The second-order valence-electron chi connectivity index (χ2n) is 6.72. The molecule has 3 heterocycles. The van der Waals surface area contributed by atoms with Gasteiger partial charge in [0.2, 0.25) is 0 Å². The molecule has 0 radical (unpaired) electrons. The third-order valence-electron chi connectivity index (χ3n) is 4.96. The van der Waals surface area contributed by atoms with Gasteiger partial charge in [-0.2, -0.15) is 0 Å². The van der Waals surface area contributed by atoms with E-state index in [-0.39, 0.29) is 12.4 Å².